The van der Waals surface area contributed by atoms with Crippen molar-refractivity contribution >= 4 is 23.3 Å². The Morgan fingerprint density at radius 3 is 2.71 bits per heavy atom. The number of hydrogen-bond donors (Lipinski definition) is 2. The molecule has 6 nitrogen and oxygen atoms in total. The van der Waals surface area contributed by atoms with Gasteiger partial charge in [-0.25, -0.2) is 9.78 Å². The van der Waals surface area contributed by atoms with Crippen LogP contribution in [0, 0.1) is 12.8 Å². The zero-order valence-corrected chi connectivity index (χ0v) is 12.2. The Kier molecular flexibility index (Phi) is 3.29. The largest absolute Gasteiger partial charge is 0.481 e. The van der Waals surface area contributed by atoms with Crippen LogP contribution in [0.15, 0.2) is 12.1 Å². The van der Waals surface area contributed by atoms with E-state index in [1.165, 1.54) is 11.3 Å². The van der Waals surface area contributed by atoms with Crippen molar-refractivity contribution in [3.05, 3.63) is 28.4 Å². The first-order chi connectivity index (χ1) is 9.97. The summed E-state index contributed by atoms with van der Waals surface area (Å²) in [5.41, 5.74) is 0.668. The van der Waals surface area contributed by atoms with Crippen LogP contribution in [0.5, 0.6) is 0 Å². The van der Waals surface area contributed by atoms with E-state index < -0.39 is 17.9 Å². The Hall–Kier alpha value is -2.15. The van der Waals surface area contributed by atoms with E-state index in [1.54, 1.807) is 4.57 Å². The number of aryl methyl sites for hydroxylation is 1. The Bertz CT molecular complexity index is 731. The molecule has 3 heterocycles. The van der Waals surface area contributed by atoms with Crippen LogP contribution in [0.25, 0.3) is 10.7 Å². The average molecular weight is 306 g/mol. The van der Waals surface area contributed by atoms with Gasteiger partial charge in [0.15, 0.2) is 11.5 Å². The highest BCUT2D eigenvalue weighted by molar-refractivity contribution is 7.15. The molecule has 3 rings (SSSR count). The van der Waals surface area contributed by atoms with Gasteiger partial charge < -0.3 is 14.8 Å². The molecular formula is C14H14N2O4S. The van der Waals surface area contributed by atoms with Gasteiger partial charge in [0.25, 0.3) is 0 Å². The average Bonchev–Trinajstić information content (AvgIpc) is 3.01. The second-order valence-electron chi connectivity index (χ2n) is 5.13. The minimum absolute atomic E-state index is 0.0416. The van der Waals surface area contributed by atoms with Crippen molar-refractivity contribution in [3.63, 3.8) is 0 Å². The number of carboxylic acids is 2. The fourth-order valence-corrected chi connectivity index (χ4v) is 3.54. The van der Waals surface area contributed by atoms with Gasteiger partial charge in [0.2, 0.25) is 0 Å². The van der Waals surface area contributed by atoms with Crippen LogP contribution in [0.3, 0.4) is 0 Å². The molecule has 0 saturated heterocycles. The minimum atomic E-state index is -1.06. The number of aliphatic carboxylic acids is 1. The van der Waals surface area contributed by atoms with Crippen molar-refractivity contribution in [1.82, 2.24) is 9.55 Å². The van der Waals surface area contributed by atoms with Crippen molar-refractivity contribution < 1.29 is 19.8 Å². The van der Waals surface area contributed by atoms with Crippen LogP contribution in [0.1, 0.15) is 27.5 Å². The number of rotatable bonds is 3. The van der Waals surface area contributed by atoms with E-state index in [0.29, 0.717) is 24.4 Å². The van der Waals surface area contributed by atoms with Gasteiger partial charge in [0, 0.05) is 11.4 Å². The number of nitrogens with zero attached hydrogens (tertiary/aromatic N) is 2. The molecule has 7 heteroatoms. The summed E-state index contributed by atoms with van der Waals surface area (Å²) in [5.74, 6) is -1.84. The summed E-state index contributed by atoms with van der Waals surface area (Å²) in [6.07, 6.45) is 0.875. The summed E-state index contributed by atoms with van der Waals surface area (Å²) in [5, 5.41) is 18.5. The summed E-state index contributed by atoms with van der Waals surface area (Å²) in [6, 6.07) is 3.84. The molecule has 110 valence electrons. The lowest BCUT2D eigenvalue weighted by Gasteiger charge is -2.22. The molecule has 0 aliphatic carbocycles. The molecule has 0 amide bonds. The molecule has 0 bridgehead atoms. The van der Waals surface area contributed by atoms with E-state index in [4.69, 9.17) is 0 Å². The summed E-state index contributed by atoms with van der Waals surface area (Å²) in [6.45, 7) is 2.24. The quantitative estimate of drug-likeness (QED) is 0.907. The SMILES string of the molecule is Cc1ccc(-c2nc(C(=O)O)c3n2CC(C(=O)O)CC3)s1. The molecular weight excluding hydrogens is 292 g/mol. The molecule has 1 atom stereocenters. The van der Waals surface area contributed by atoms with Crippen LogP contribution < -0.4 is 0 Å². The van der Waals surface area contributed by atoms with Crippen LogP contribution in [-0.2, 0) is 17.8 Å². The van der Waals surface area contributed by atoms with Gasteiger partial charge in [-0.05, 0) is 31.9 Å². The van der Waals surface area contributed by atoms with Gasteiger partial charge >= 0.3 is 11.9 Å². The summed E-state index contributed by atoms with van der Waals surface area (Å²) in [7, 11) is 0. The lowest BCUT2D eigenvalue weighted by atomic mass is 9.97. The number of aromatic carboxylic acids is 1. The molecule has 1 aliphatic rings. The second kappa shape index (κ2) is 5.00. The standard InChI is InChI=1S/C14H14N2O4S/c1-7-2-5-10(21-7)12-15-11(14(19)20)9-4-3-8(13(17)18)6-16(9)12/h2,5,8H,3-4,6H2,1H3,(H,17,18)(H,19,20). The molecule has 0 fully saturated rings. The van der Waals surface area contributed by atoms with E-state index in [0.717, 1.165) is 9.75 Å². The van der Waals surface area contributed by atoms with Gasteiger partial charge in [-0.3, -0.25) is 4.79 Å². The van der Waals surface area contributed by atoms with Gasteiger partial charge in [-0.2, -0.15) is 0 Å². The lowest BCUT2D eigenvalue weighted by molar-refractivity contribution is -0.142. The smallest absolute Gasteiger partial charge is 0.356 e. The Balaban J connectivity index is 2.13. The molecule has 1 aliphatic heterocycles. The van der Waals surface area contributed by atoms with Crippen molar-refractivity contribution in [3.8, 4) is 10.7 Å². The fourth-order valence-electron chi connectivity index (χ4n) is 2.67. The monoisotopic (exact) mass is 306 g/mol. The number of hydrogen-bond acceptors (Lipinski definition) is 4. The third kappa shape index (κ3) is 2.33. The van der Waals surface area contributed by atoms with Crippen molar-refractivity contribution in [2.24, 2.45) is 5.92 Å². The maximum Gasteiger partial charge on any atom is 0.356 e. The predicted molar refractivity (Wildman–Crippen MR) is 76.7 cm³/mol. The van der Waals surface area contributed by atoms with Crippen molar-refractivity contribution in [2.75, 3.05) is 0 Å². The molecule has 0 spiro atoms. The maximum absolute atomic E-state index is 11.3. The highest BCUT2D eigenvalue weighted by Gasteiger charge is 2.31. The first-order valence-electron chi connectivity index (χ1n) is 6.59. The number of imidazole rings is 1. The highest BCUT2D eigenvalue weighted by atomic mass is 32.1. The maximum atomic E-state index is 11.3. The normalized spacial score (nSPS) is 17.5. The molecule has 1 unspecified atom stereocenters. The Morgan fingerprint density at radius 2 is 2.14 bits per heavy atom. The Labute approximate surface area is 124 Å². The van der Waals surface area contributed by atoms with E-state index in [-0.39, 0.29) is 12.2 Å². The zero-order valence-electron chi connectivity index (χ0n) is 11.4. The fraction of sp³-hybridized carbons (Fsp3) is 0.357. The zero-order chi connectivity index (χ0) is 15.1. The number of fused-ring (bicyclic) bond motifs is 1. The van der Waals surface area contributed by atoms with E-state index >= 15 is 0 Å². The van der Waals surface area contributed by atoms with E-state index in [1.807, 2.05) is 19.1 Å². The summed E-state index contributed by atoms with van der Waals surface area (Å²) < 4.78 is 1.76. The van der Waals surface area contributed by atoms with E-state index in [9.17, 15) is 19.8 Å². The first-order valence-corrected chi connectivity index (χ1v) is 7.41. The lowest BCUT2D eigenvalue weighted by Crippen LogP contribution is -2.27. The predicted octanol–water partition coefficient (Wildman–Crippen LogP) is 2.27. The van der Waals surface area contributed by atoms with E-state index in [2.05, 4.69) is 4.98 Å². The van der Waals surface area contributed by atoms with Gasteiger partial charge in [-0.1, -0.05) is 0 Å². The molecule has 0 radical (unpaired) electrons. The second-order valence-corrected chi connectivity index (χ2v) is 6.42. The minimum Gasteiger partial charge on any atom is -0.481 e. The van der Waals surface area contributed by atoms with Gasteiger partial charge in [-0.15, -0.1) is 11.3 Å². The first kappa shape index (κ1) is 13.8. The third-order valence-electron chi connectivity index (χ3n) is 3.72. The molecule has 0 aromatic carbocycles. The summed E-state index contributed by atoms with van der Waals surface area (Å²) >= 11 is 1.52. The van der Waals surface area contributed by atoms with Crippen molar-refractivity contribution in [2.45, 2.75) is 26.3 Å². The molecule has 2 aromatic rings. The number of carbonyl (C=O) groups is 2. The molecule has 2 aromatic heterocycles. The number of thiophene rings is 1. The molecule has 21 heavy (non-hydrogen) atoms. The van der Waals surface area contributed by atoms with Crippen LogP contribution in [0.4, 0.5) is 0 Å². The van der Waals surface area contributed by atoms with Crippen molar-refractivity contribution in [1.29, 1.82) is 0 Å². The molecule has 0 saturated carbocycles. The Morgan fingerprint density at radius 1 is 1.38 bits per heavy atom. The highest BCUT2D eigenvalue weighted by Crippen LogP contribution is 2.33. The number of aromatic nitrogens is 2. The topological polar surface area (TPSA) is 92.4 Å². The number of carboxylic acid groups (broad SMARTS) is 2. The van der Waals surface area contributed by atoms with Crippen LogP contribution >= 0.6 is 11.3 Å². The van der Waals surface area contributed by atoms with Gasteiger partial charge in [0.1, 0.15) is 0 Å². The summed E-state index contributed by atoms with van der Waals surface area (Å²) in [4.78, 5) is 28.8. The molecule has 2 N–H and O–H groups in total. The van der Waals surface area contributed by atoms with Crippen LogP contribution in [-0.4, -0.2) is 31.7 Å². The van der Waals surface area contributed by atoms with Gasteiger partial charge in [0.05, 0.1) is 16.5 Å². The third-order valence-corrected chi connectivity index (χ3v) is 4.71. The van der Waals surface area contributed by atoms with Crippen LogP contribution in [0.2, 0.25) is 0 Å².